The van der Waals surface area contributed by atoms with Crippen LogP contribution in [0.15, 0.2) is 36.4 Å². The molecule has 0 fully saturated rings. The summed E-state index contributed by atoms with van der Waals surface area (Å²) in [5.41, 5.74) is 0.622. The molecule has 0 bridgehead atoms. The van der Waals surface area contributed by atoms with Gasteiger partial charge in [-0.2, -0.15) is 0 Å². The average Bonchev–Trinajstić information content (AvgIpc) is 2.53. The summed E-state index contributed by atoms with van der Waals surface area (Å²) in [5.74, 6) is 0.301. The Morgan fingerprint density at radius 3 is 2.46 bits per heavy atom. The fourth-order valence-electron chi connectivity index (χ4n) is 2.42. The van der Waals surface area contributed by atoms with E-state index in [0.29, 0.717) is 41.4 Å². The maximum atomic E-state index is 14.3. The van der Waals surface area contributed by atoms with Gasteiger partial charge in [0, 0.05) is 5.56 Å². The second-order valence-corrected chi connectivity index (χ2v) is 6.55. The molecule has 4 nitrogen and oxygen atoms in total. The van der Waals surface area contributed by atoms with Crippen molar-refractivity contribution >= 4 is 5.97 Å². The molecule has 0 saturated carbocycles. The molecule has 0 spiro atoms. The van der Waals surface area contributed by atoms with Crippen LogP contribution in [0.3, 0.4) is 0 Å². The van der Waals surface area contributed by atoms with E-state index in [1.807, 2.05) is 0 Å². The zero-order valence-electron chi connectivity index (χ0n) is 13.9. The summed E-state index contributed by atoms with van der Waals surface area (Å²) in [7, 11) is 0. The van der Waals surface area contributed by atoms with Crippen molar-refractivity contribution in [3.63, 3.8) is 0 Å². The largest absolute Gasteiger partial charge is 0.486 e. The molecule has 0 radical (unpaired) electrons. The molecule has 0 unspecified atom stereocenters. The maximum Gasteiger partial charge on any atom is 0.338 e. The first-order valence-corrected chi connectivity index (χ1v) is 7.76. The summed E-state index contributed by atoms with van der Waals surface area (Å²) in [4.78, 5) is 12.2. The summed E-state index contributed by atoms with van der Waals surface area (Å²) in [5, 5.41) is 0. The van der Waals surface area contributed by atoms with Gasteiger partial charge >= 0.3 is 5.97 Å². The predicted octanol–water partition coefficient (Wildman–Crippen LogP) is 4.22. The summed E-state index contributed by atoms with van der Waals surface area (Å²) >= 11 is 0. The van der Waals surface area contributed by atoms with E-state index in [1.54, 1.807) is 39.0 Å². The third kappa shape index (κ3) is 3.50. The Bertz CT molecular complexity index is 777. The number of rotatable bonds is 2. The first kappa shape index (κ1) is 16.3. The standard InChI is InChI=1S/C19H19FO4/c1-19(2,3)24-18(21)13-4-6-15(20)14(10-13)12-5-7-16-17(11-12)23-9-8-22-16/h4-7,10-11H,8-9H2,1-3H3. The van der Waals surface area contributed by atoms with Crippen LogP contribution in [0.2, 0.25) is 0 Å². The van der Waals surface area contributed by atoms with E-state index in [9.17, 15) is 9.18 Å². The zero-order valence-corrected chi connectivity index (χ0v) is 13.9. The lowest BCUT2D eigenvalue weighted by Crippen LogP contribution is -2.23. The molecule has 0 N–H and O–H groups in total. The van der Waals surface area contributed by atoms with E-state index in [2.05, 4.69) is 0 Å². The van der Waals surface area contributed by atoms with Crippen molar-refractivity contribution in [1.82, 2.24) is 0 Å². The quantitative estimate of drug-likeness (QED) is 0.774. The van der Waals surface area contributed by atoms with Crippen molar-refractivity contribution in [1.29, 1.82) is 0 Å². The molecule has 1 aliphatic rings. The van der Waals surface area contributed by atoms with Crippen LogP contribution >= 0.6 is 0 Å². The highest BCUT2D eigenvalue weighted by Gasteiger charge is 2.20. The minimum Gasteiger partial charge on any atom is -0.486 e. The van der Waals surface area contributed by atoms with Crippen LogP contribution in [0, 0.1) is 5.82 Å². The van der Waals surface area contributed by atoms with Gasteiger partial charge in [-0.3, -0.25) is 0 Å². The van der Waals surface area contributed by atoms with Crippen molar-refractivity contribution in [2.24, 2.45) is 0 Å². The van der Waals surface area contributed by atoms with Gasteiger partial charge in [0.2, 0.25) is 0 Å². The Kier molecular flexibility index (Phi) is 4.18. The number of carbonyl (C=O) groups excluding carboxylic acids is 1. The van der Waals surface area contributed by atoms with Crippen LogP contribution in [0.4, 0.5) is 4.39 Å². The first-order valence-electron chi connectivity index (χ1n) is 7.76. The molecule has 2 aromatic rings. The average molecular weight is 330 g/mol. The summed E-state index contributed by atoms with van der Waals surface area (Å²) < 4.78 is 30.6. The van der Waals surface area contributed by atoms with Gasteiger partial charge in [0.05, 0.1) is 5.56 Å². The third-order valence-electron chi connectivity index (χ3n) is 3.45. The van der Waals surface area contributed by atoms with Crippen LogP contribution in [0.1, 0.15) is 31.1 Å². The van der Waals surface area contributed by atoms with Gasteiger partial charge < -0.3 is 14.2 Å². The predicted molar refractivity (Wildman–Crippen MR) is 88.0 cm³/mol. The van der Waals surface area contributed by atoms with E-state index in [4.69, 9.17) is 14.2 Å². The van der Waals surface area contributed by atoms with Gasteiger partial charge in [-0.05, 0) is 56.7 Å². The molecule has 3 rings (SSSR count). The topological polar surface area (TPSA) is 44.8 Å². The lowest BCUT2D eigenvalue weighted by Gasteiger charge is -2.20. The van der Waals surface area contributed by atoms with Crippen molar-refractivity contribution in [2.45, 2.75) is 26.4 Å². The van der Waals surface area contributed by atoms with Crippen molar-refractivity contribution in [3.8, 4) is 22.6 Å². The van der Waals surface area contributed by atoms with Crippen LogP contribution < -0.4 is 9.47 Å². The highest BCUT2D eigenvalue weighted by atomic mass is 19.1. The van der Waals surface area contributed by atoms with Crippen LogP contribution in [-0.2, 0) is 4.74 Å². The molecule has 0 aliphatic carbocycles. The molecular weight excluding hydrogens is 311 g/mol. The Hall–Kier alpha value is -2.56. The fraction of sp³-hybridized carbons (Fsp3) is 0.316. The third-order valence-corrected chi connectivity index (χ3v) is 3.45. The number of ether oxygens (including phenoxy) is 3. The molecule has 126 valence electrons. The molecule has 0 atom stereocenters. The molecule has 0 aromatic heterocycles. The summed E-state index contributed by atoms with van der Waals surface area (Å²) in [6.45, 7) is 6.31. The second kappa shape index (κ2) is 6.15. The molecule has 0 saturated heterocycles. The monoisotopic (exact) mass is 330 g/mol. The number of halogens is 1. The molecule has 24 heavy (non-hydrogen) atoms. The SMILES string of the molecule is CC(C)(C)OC(=O)c1ccc(F)c(-c2ccc3c(c2)OCCO3)c1. The number of esters is 1. The minimum absolute atomic E-state index is 0.302. The minimum atomic E-state index is -0.609. The highest BCUT2D eigenvalue weighted by molar-refractivity contribution is 5.91. The fourth-order valence-corrected chi connectivity index (χ4v) is 2.42. The molecular formula is C19H19FO4. The Balaban J connectivity index is 1.96. The van der Waals surface area contributed by atoms with Crippen molar-refractivity contribution in [3.05, 3.63) is 47.8 Å². The van der Waals surface area contributed by atoms with Gasteiger partial charge in [0.25, 0.3) is 0 Å². The number of benzene rings is 2. The Morgan fingerprint density at radius 2 is 1.75 bits per heavy atom. The maximum absolute atomic E-state index is 14.3. The molecule has 2 aromatic carbocycles. The smallest absolute Gasteiger partial charge is 0.338 e. The van der Waals surface area contributed by atoms with E-state index < -0.39 is 17.4 Å². The summed E-state index contributed by atoms with van der Waals surface area (Å²) in [6.07, 6.45) is 0. The van der Waals surface area contributed by atoms with E-state index in [1.165, 1.54) is 18.2 Å². The van der Waals surface area contributed by atoms with E-state index in [0.717, 1.165) is 0 Å². The molecule has 1 aliphatic heterocycles. The van der Waals surface area contributed by atoms with Gasteiger partial charge in [-0.15, -0.1) is 0 Å². The normalized spacial score (nSPS) is 13.5. The van der Waals surface area contributed by atoms with Crippen LogP contribution in [0.5, 0.6) is 11.5 Å². The van der Waals surface area contributed by atoms with Crippen LogP contribution in [-0.4, -0.2) is 24.8 Å². The number of hydrogen-bond acceptors (Lipinski definition) is 4. The number of hydrogen-bond donors (Lipinski definition) is 0. The van der Waals surface area contributed by atoms with Crippen molar-refractivity contribution < 1.29 is 23.4 Å². The van der Waals surface area contributed by atoms with Gasteiger partial charge in [-0.25, -0.2) is 9.18 Å². The number of fused-ring (bicyclic) bond motifs is 1. The lowest BCUT2D eigenvalue weighted by molar-refractivity contribution is 0.00695. The number of carbonyl (C=O) groups is 1. The van der Waals surface area contributed by atoms with Gasteiger partial charge in [0.15, 0.2) is 11.5 Å². The highest BCUT2D eigenvalue weighted by Crippen LogP contribution is 2.35. The Morgan fingerprint density at radius 1 is 1.04 bits per heavy atom. The van der Waals surface area contributed by atoms with E-state index in [-0.39, 0.29) is 0 Å². The van der Waals surface area contributed by atoms with Gasteiger partial charge in [-0.1, -0.05) is 6.07 Å². The molecule has 5 heteroatoms. The van der Waals surface area contributed by atoms with Gasteiger partial charge in [0.1, 0.15) is 24.6 Å². The van der Waals surface area contributed by atoms with Crippen LogP contribution in [0.25, 0.3) is 11.1 Å². The molecule has 1 heterocycles. The summed E-state index contributed by atoms with van der Waals surface area (Å²) in [6, 6.07) is 9.38. The van der Waals surface area contributed by atoms with Crippen molar-refractivity contribution in [2.75, 3.05) is 13.2 Å². The Labute approximate surface area is 140 Å². The second-order valence-electron chi connectivity index (χ2n) is 6.55. The zero-order chi connectivity index (χ0) is 17.3. The lowest BCUT2D eigenvalue weighted by atomic mass is 10.0. The molecule has 0 amide bonds. The van der Waals surface area contributed by atoms with E-state index >= 15 is 0 Å². The first-order chi connectivity index (χ1) is 11.3.